The highest BCUT2D eigenvalue weighted by atomic mass is 16.3. The zero-order valence-corrected chi connectivity index (χ0v) is 30.8. The monoisotopic (exact) mass is 730 g/mol. The van der Waals surface area contributed by atoms with Crippen LogP contribution in [-0.4, -0.2) is 16.7 Å². The minimum absolute atomic E-state index is 0.340. The van der Waals surface area contributed by atoms with Crippen molar-refractivity contribution in [3.63, 3.8) is 0 Å². The van der Waals surface area contributed by atoms with Crippen molar-refractivity contribution in [2.24, 2.45) is 9.98 Å². The largest absolute Gasteiger partial charge is 0.456 e. The van der Waals surface area contributed by atoms with Crippen molar-refractivity contribution in [2.45, 2.75) is 6.17 Å². The summed E-state index contributed by atoms with van der Waals surface area (Å²) in [6.07, 6.45) is 1.62. The maximum absolute atomic E-state index is 6.46. The number of hydrogen-bond donors (Lipinski definition) is 1. The molecule has 0 aliphatic carbocycles. The molecule has 0 amide bonds. The Morgan fingerprint density at radius 2 is 1.16 bits per heavy atom. The molecule has 1 aliphatic heterocycles. The summed E-state index contributed by atoms with van der Waals surface area (Å²) < 4.78 is 6.46. The van der Waals surface area contributed by atoms with Crippen LogP contribution in [-0.2, 0) is 0 Å². The van der Waals surface area contributed by atoms with Gasteiger partial charge in [-0.15, -0.1) is 0 Å². The van der Waals surface area contributed by atoms with Gasteiger partial charge < -0.3 is 9.73 Å². The molecule has 3 heterocycles. The van der Waals surface area contributed by atoms with Crippen molar-refractivity contribution in [2.75, 3.05) is 0 Å². The number of aliphatic imine (C=N–C) groups is 2. The number of aromatic nitrogens is 1. The third-order valence-corrected chi connectivity index (χ3v) is 11.0. The van der Waals surface area contributed by atoms with Crippen molar-refractivity contribution >= 4 is 55.2 Å². The van der Waals surface area contributed by atoms with E-state index in [2.05, 4.69) is 157 Å². The van der Waals surface area contributed by atoms with Gasteiger partial charge in [-0.1, -0.05) is 158 Å². The summed E-state index contributed by atoms with van der Waals surface area (Å²) in [7, 11) is 0. The first-order chi connectivity index (χ1) is 28.2. The van der Waals surface area contributed by atoms with Crippen LogP contribution >= 0.6 is 0 Å². The molecule has 2 aromatic heterocycles. The molecule has 57 heavy (non-hydrogen) atoms. The Morgan fingerprint density at radius 3 is 1.98 bits per heavy atom. The number of fused-ring (bicyclic) bond motifs is 6. The van der Waals surface area contributed by atoms with Crippen LogP contribution in [0.1, 0.15) is 22.9 Å². The average Bonchev–Trinajstić information content (AvgIpc) is 3.68. The summed E-state index contributed by atoms with van der Waals surface area (Å²) in [5.41, 5.74) is 11.0. The van der Waals surface area contributed by atoms with Crippen LogP contribution in [0.15, 0.2) is 209 Å². The number of hydrogen-bond acceptors (Lipinski definition) is 5. The molecule has 1 N–H and O–H groups in total. The summed E-state index contributed by atoms with van der Waals surface area (Å²) in [6.45, 7) is 0. The molecule has 268 valence electrons. The fourth-order valence-corrected chi connectivity index (χ4v) is 8.07. The molecule has 1 atom stereocenters. The van der Waals surface area contributed by atoms with Crippen molar-refractivity contribution in [1.82, 2.24) is 10.3 Å². The quantitative estimate of drug-likeness (QED) is 0.173. The Kier molecular flexibility index (Phi) is 7.81. The normalized spacial score (nSPS) is 14.1. The Hall–Kier alpha value is -7.63. The van der Waals surface area contributed by atoms with Crippen molar-refractivity contribution in [3.05, 3.63) is 211 Å². The molecule has 0 spiro atoms. The fourth-order valence-electron chi connectivity index (χ4n) is 8.07. The molecule has 1 aliphatic rings. The van der Waals surface area contributed by atoms with Crippen LogP contribution in [0.2, 0.25) is 0 Å². The zero-order chi connectivity index (χ0) is 37.7. The molecular formula is C52H34N4O. The maximum Gasteiger partial charge on any atom is 0.160 e. The van der Waals surface area contributed by atoms with E-state index in [-0.39, 0.29) is 6.17 Å². The fraction of sp³-hybridized carbons (Fsp3) is 0.0192. The third kappa shape index (κ3) is 5.94. The highest BCUT2D eigenvalue weighted by Gasteiger charge is 2.24. The molecule has 8 aromatic carbocycles. The third-order valence-electron chi connectivity index (χ3n) is 11.0. The summed E-state index contributed by atoms with van der Waals surface area (Å²) >= 11 is 0. The van der Waals surface area contributed by atoms with Gasteiger partial charge in [0.25, 0.3) is 0 Å². The van der Waals surface area contributed by atoms with Gasteiger partial charge in [-0.05, 0) is 74.1 Å². The predicted molar refractivity (Wildman–Crippen MR) is 235 cm³/mol. The van der Waals surface area contributed by atoms with Crippen LogP contribution in [0.5, 0.6) is 0 Å². The van der Waals surface area contributed by atoms with Crippen molar-refractivity contribution < 1.29 is 4.42 Å². The average molecular weight is 731 g/mol. The first-order valence-electron chi connectivity index (χ1n) is 19.2. The van der Waals surface area contributed by atoms with E-state index < -0.39 is 0 Å². The van der Waals surface area contributed by atoms with Gasteiger partial charge in [0.1, 0.15) is 23.2 Å². The zero-order valence-electron chi connectivity index (χ0n) is 30.8. The molecule has 10 aromatic rings. The minimum Gasteiger partial charge on any atom is -0.456 e. The number of rotatable bonds is 6. The number of furan rings is 1. The van der Waals surface area contributed by atoms with E-state index in [0.29, 0.717) is 5.84 Å². The number of nitrogens with zero attached hydrogens (tertiary/aromatic N) is 3. The first kappa shape index (κ1) is 32.8. The lowest BCUT2D eigenvalue weighted by molar-refractivity contribution is 0.668. The lowest BCUT2D eigenvalue weighted by Crippen LogP contribution is -2.33. The van der Waals surface area contributed by atoms with Gasteiger partial charge >= 0.3 is 0 Å². The topological polar surface area (TPSA) is 62.8 Å². The molecule has 5 nitrogen and oxygen atoms in total. The van der Waals surface area contributed by atoms with Gasteiger partial charge in [0.05, 0.1) is 5.69 Å². The van der Waals surface area contributed by atoms with Gasteiger partial charge in [-0.3, -0.25) is 4.98 Å². The lowest BCUT2D eigenvalue weighted by Gasteiger charge is -2.24. The number of amidine groups is 2. The number of pyridine rings is 1. The van der Waals surface area contributed by atoms with Crippen LogP contribution in [0.3, 0.4) is 0 Å². The number of benzene rings is 8. The van der Waals surface area contributed by atoms with E-state index in [4.69, 9.17) is 19.4 Å². The van der Waals surface area contributed by atoms with E-state index in [9.17, 15) is 0 Å². The predicted octanol–water partition coefficient (Wildman–Crippen LogP) is 12.8. The van der Waals surface area contributed by atoms with Gasteiger partial charge in [0.15, 0.2) is 5.84 Å². The summed E-state index contributed by atoms with van der Waals surface area (Å²) in [6, 6.07) is 65.5. The lowest BCUT2D eigenvalue weighted by atomic mass is 9.98. The Balaban J connectivity index is 0.969. The second-order valence-electron chi connectivity index (χ2n) is 14.5. The molecule has 0 saturated heterocycles. The number of nitrogens with one attached hydrogen (secondary N) is 1. The highest BCUT2D eigenvalue weighted by Crippen LogP contribution is 2.37. The van der Waals surface area contributed by atoms with Gasteiger partial charge in [-0.2, -0.15) is 0 Å². The summed E-state index contributed by atoms with van der Waals surface area (Å²) in [5.74, 6) is 1.42. The first-order valence-corrected chi connectivity index (χ1v) is 19.2. The second-order valence-corrected chi connectivity index (χ2v) is 14.5. The SMILES string of the molecule is c1ccc(C2=NC(c3cccc4oc5ccc(-c6ccc(-c7ccc8c(ccc9ccccc98)c7)nc6)cc5c34)=NC(c3ccc(-c4ccccc4)cc3)N2)cc1. The van der Waals surface area contributed by atoms with Crippen LogP contribution in [0, 0.1) is 0 Å². The Bertz CT molecular complexity index is 3180. The van der Waals surface area contributed by atoms with Crippen LogP contribution in [0.4, 0.5) is 0 Å². The molecular weight excluding hydrogens is 697 g/mol. The van der Waals surface area contributed by atoms with E-state index in [1.165, 1.54) is 27.1 Å². The maximum atomic E-state index is 6.46. The van der Waals surface area contributed by atoms with Crippen molar-refractivity contribution in [3.8, 4) is 33.5 Å². The molecule has 0 fully saturated rings. The second kappa shape index (κ2) is 13.6. The van der Waals surface area contributed by atoms with Crippen LogP contribution < -0.4 is 5.32 Å². The smallest absolute Gasteiger partial charge is 0.160 e. The standard InChI is InChI=1S/C52H34N4O/c1-3-10-33(11-4-1)34-18-21-37(22-19-34)51-54-50(36-13-5-2-6-14-36)55-52(56-51)44-16-9-17-48-49(44)45-31-38(26-29-47(45)57-48)41-25-28-46(53-32-41)40-24-27-43-39(30-40)23-20-35-12-7-8-15-42(35)43/h1-32,51H,(H,54,55,56). The van der Waals surface area contributed by atoms with E-state index in [0.717, 1.165) is 72.4 Å². The van der Waals surface area contributed by atoms with Gasteiger partial charge in [0, 0.05) is 39.2 Å². The summed E-state index contributed by atoms with van der Waals surface area (Å²) in [4.78, 5) is 15.4. The van der Waals surface area contributed by atoms with Crippen molar-refractivity contribution in [1.29, 1.82) is 0 Å². The molecule has 0 saturated carbocycles. The molecule has 11 rings (SSSR count). The molecule has 0 radical (unpaired) electrons. The van der Waals surface area contributed by atoms with Crippen LogP contribution in [0.25, 0.3) is 77.0 Å². The molecule has 5 heteroatoms. The van der Waals surface area contributed by atoms with Gasteiger partial charge in [-0.25, -0.2) is 9.98 Å². The Labute approximate surface area is 329 Å². The minimum atomic E-state index is -0.340. The van der Waals surface area contributed by atoms with E-state index >= 15 is 0 Å². The Morgan fingerprint density at radius 1 is 0.456 bits per heavy atom. The van der Waals surface area contributed by atoms with Gasteiger partial charge in [0.2, 0.25) is 0 Å². The molecule has 1 unspecified atom stereocenters. The summed E-state index contributed by atoms with van der Waals surface area (Å²) in [5, 5.41) is 10.6. The van der Waals surface area contributed by atoms with E-state index in [1.54, 1.807) is 0 Å². The molecule has 0 bridgehead atoms. The van der Waals surface area contributed by atoms with E-state index in [1.807, 2.05) is 42.6 Å². The highest BCUT2D eigenvalue weighted by molar-refractivity contribution is 6.22.